The van der Waals surface area contributed by atoms with Gasteiger partial charge in [0.25, 0.3) is 0 Å². The Balaban J connectivity index is 1.39. The molecule has 0 aliphatic carbocycles. The van der Waals surface area contributed by atoms with E-state index in [1.807, 2.05) is 13.0 Å². The molecule has 0 unspecified atom stereocenters. The smallest absolute Gasteiger partial charge is 0.323 e. The Morgan fingerprint density at radius 3 is 2.31 bits per heavy atom. The number of nitrogens with one attached hydrogen (secondary N) is 3. The van der Waals surface area contributed by atoms with Crippen molar-refractivity contribution in [3.8, 4) is 0 Å². The summed E-state index contributed by atoms with van der Waals surface area (Å²) in [7, 11) is 0. The number of amides is 2. The Morgan fingerprint density at radius 2 is 1.59 bits per heavy atom. The molecule has 4 rings (SSSR count). The van der Waals surface area contributed by atoms with Gasteiger partial charge in [-0.3, -0.25) is 0 Å². The molecule has 3 N–H and O–H groups in total. The fraction of sp³-hybridized carbons (Fsp3) is 0.227. The average Bonchev–Trinajstić information content (AvgIpc) is 3.30. The van der Waals surface area contributed by atoms with Crippen LogP contribution in [-0.2, 0) is 0 Å². The summed E-state index contributed by atoms with van der Waals surface area (Å²) < 4.78 is 40.0. The van der Waals surface area contributed by atoms with E-state index in [1.54, 1.807) is 24.3 Å². The number of benzene rings is 2. The number of carbonyl (C=O) groups excluding carboxylic acids is 1. The van der Waals surface area contributed by atoms with E-state index in [4.69, 9.17) is 0 Å². The minimum absolute atomic E-state index is 0.416. The molecule has 0 radical (unpaired) electrons. The number of rotatable bonds is 5. The number of aromatic nitrogens is 2. The molecule has 10 heteroatoms. The van der Waals surface area contributed by atoms with E-state index in [-0.39, 0.29) is 0 Å². The van der Waals surface area contributed by atoms with Crippen molar-refractivity contribution in [2.75, 3.05) is 33.9 Å². The van der Waals surface area contributed by atoms with Gasteiger partial charge in [-0.25, -0.2) is 22.9 Å². The topological polar surface area (TPSA) is 82.2 Å². The lowest BCUT2D eigenvalue weighted by Gasteiger charge is -2.17. The summed E-state index contributed by atoms with van der Waals surface area (Å²) in [5.41, 5.74) is 1.51. The Bertz CT molecular complexity index is 1130. The zero-order chi connectivity index (χ0) is 22.7. The van der Waals surface area contributed by atoms with Gasteiger partial charge < -0.3 is 20.9 Å². The number of nitrogens with zero attached hydrogens (tertiary/aromatic N) is 3. The van der Waals surface area contributed by atoms with Crippen LogP contribution < -0.4 is 20.9 Å². The lowest BCUT2D eigenvalue weighted by molar-refractivity contribution is 0.262. The maximum atomic E-state index is 13.7. The van der Waals surface area contributed by atoms with Gasteiger partial charge in [0, 0.05) is 36.2 Å². The minimum Gasteiger partial charge on any atom is -0.356 e. The fourth-order valence-corrected chi connectivity index (χ4v) is 3.39. The van der Waals surface area contributed by atoms with Crippen LogP contribution in [0.2, 0.25) is 0 Å². The zero-order valence-electron chi connectivity index (χ0n) is 17.3. The lowest BCUT2D eigenvalue weighted by Crippen LogP contribution is -2.20. The quantitative estimate of drug-likeness (QED) is 0.474. The molecule has 1 fully saturated rings. The van der Waals surface area contributed by atoms with Gasteiger partial charge in [-0.1, -0.05) is 0 Å². The van der Waals surface area contributed by atoms with Crippen molar-refractivity contribution < 1.29 is 18.0 Å². The molecule has 1 saturated heterocycles. The third kappa shape index (κ3) is 4.90. The summed E-state index contributed by atoms with van der Waals surface area (Å²) in [6, 6.07) is 9.52. The third-order valence-corrected chi connectivity index (χ3v) is 4.95. The molecule has 166 valence electrons. The van der Waals surface area contributed by atoms with Crippen molar-refractivity contribution in [2.24, 2.45) is 0 Å². The number of carbonyl (C=O) groups is 1. The maximum Gasteiger partial charge on any atom is 0.323 e. The standard InChI is InChI=1S/C22H21F3N6O/c1-13-12-18(31-10-2-3-11-31)30-21(26-13)27-14-4-6-15(7-5-14)28-22(32)29-17-9-8-16(23)19(24)20(17)25/h4-9,12H,2-3,10-11H2,1H3,(H,26,27,30)(H2,28,29,32). The second-order valence-corrected chi connectivity index (χ2v) is 7.39. The molecule has 2 aromatic carbocycles. The van der Waals surface area contributed by atoms with Gasteiger partial charge in [0.15, 0.2) is 17.5 Å². The summed E-state index contributed by atoms with van der Waals surface area (Å²) in [4.78, 5) is 23.3. The first-order chi connectivity index (χ1) is 15.4. The minimum atomic E-state index is -1.65. The van der Waals surface area contributed by atoms with Crippen LogP contribution in [0.1, 0.15) is 18.5 Å². The number of anilines is 5. The predicted octanol–water partition coefficient (Wildman–Crippen LogP) is 5.19. The van der Waals surface area contributed by atoms with Crippen LogP contribution in [0.5, 0.6) is 0 Å². The van der Waals surface area contributed by atoms with Gasteiger partial charge >= 0.3 is 6.03 Å². The average molecular weight is 442 g/mol. The highest BCUT2D eigenvalue weighted by Gasteiger charge is 2.16. The van der Waals surface area contributed by atoms with Gasteiger partial charge in [-0.2, -0.15) is 4.98 Å². The summed E-state index contributed by atoms with van der Waals surface area (Å²) in [5.74, 6) is -3.09. The maximum absolute atomic E-state index is 13.7. The molecule has 0 bridgehead atoms. The first-order valence-electron chi connectivity index (χ1n) is 10.1. The van der Waals surface area contributed by atoms with Crippen molar-refractivity contribution in [1.29, 1.82) is 0 Å². The third-order valence-electron chi connectivity index (χ3n) is 4.95. The molecule has 0 spiro atoms. The highest BCUT2D eigenvalue weighted by Crippen LogP contribution is 2.23. The molecule has 2 heterocycles. The van der Waals surface area contributed by atoms with Crippen molar-refractivity contribution >= 4 is 34.9 Å². The van der Waals surface area contributed by atoms with Crippen LogP contribution in [0.3, 0.4) is 0 Å². The first-order valence-corrected chi connectivity index (χ1v) is 10.1. The normalized spacial score (nSPS) is 13.2. The summed E-state index contributed by atoms with van der Waals surface area (Å²) in [5, 5.41) is 7.79. The Hall–Kier alpha value is -3.82. The summed E-state index contributed by atoms with van der Waals surface area (Å²) in [6.45, 7) is 3.87. The van der Waals surface area contributed by atoms with Crippen LogP contribution in [0.25, 0.3) is 0 Å². The number of halogens is 3. The summed E-state index contributed by atoms with van der Waals surface area (Å²) >= 11 is 0. The second-order valence-electron chi connectivity index (χ2n) is 7.39. The number of hydrogen-bond acceptors (Lipinski definition) is 5. The fourth-order valence-electron chi connectivity index (χ4n) is 3.39. The van der Waals surface area contributed by atoms with Gasteiger partial charge in [-0.05, 0) is 56.2 Å². The first kappa shape index (κ1) is 21.4. The number of hydrogen-bond donors (Lipinski definition) is 3. The molecule has 7 nitrogen and oxygen atoms in total. The number of urea groups is 1. The highest BCUT2D eigenvalue weighted by molar-refractivity contribution is 5.99. The molecular weight excluding hydrogens is 421 g/mol. The Labute approximate surface area is 182 Å². The molecule has 1 aliphatic heterocycles. The van der Waals surface area contributed by atoms with E-state index in [9.17, 15) is 18.0 Å². The predicted molar refractivity (Wildman–Crippen MR) is 117 cm³/mol. The Kier molecular flexibility index (Phi) is 6.11. The van der Waals surface area contributed by atoms with Crippen molar-refractivity contribution in [1.82, 2.24) is 9.97 Å². The second kappa shape index (κ2) is 9.13. The van der Waals surface area contributed by atoms with Crippen LogP contribution in [-0.4, -0.2) is 29.1 Å². The van der Waals surface area contributed by atoms with E-state index in [1.165, 1.54) is 0 Å². The van der Waals surface area contributed by atoms with E-state index in [0.717, 1.165) is 49.6 Å². The van der Waals surface area contributed by atoms with Crippen LogP contribution in [0, 0.1) is 24.4 Å². The Morgan fingerprint density at radius 1 is 0.906 bits per heavy atom. The molecule has 1 aromatic heterocycles. The van der Waals surface area contributed by atoms with E-state index >= 15 is 0 Å². The van der Waals surface area contributed by atoms with E-state index < -0.39 is 29.2 Å². The van der Waals surface area contributed by atoms with Crippen LogP contribution >= 0.6 is 0 Å². The van der Waals surface area contributed by atoms with E-state index in [2.05, 4.69) is 30.8 Å². The van der Waals surface area contributed by atoms with Crippen LogP contribution in [0.4, 0.5) is 46.8 Å². The van der Waals surface area contributed by atoms with Crippen molar-refractivity contribution in [3.63, 3.8) is 0 Å². The number of aryl methyl sites for hydroxylation is 1. The van der Waals surface area contributed by atoms with Crippen LogP contribution in [0.15, 0.2) is 42.5 Å². The molecule has 0 atom stereocenters. The molecular formula is C22H21F3N6O. The van der Waals surface area contributed by atoms with Crippen molar-refractivity contribution in [2.45, 2.75) is 19.8 Å². The van der Waals surface area contributed by atoms with Gasteiger partial charge in [0.05, 0.1) is 5.69 Å². The lowest BCUT2D eigenvalue weighted by atomic mass is 10.2. The molecule has 0 saturated carbocycles. The SMILES string of the molecule is Cc1cc(N2CCCC2)nc(Nc2ccc(NC(=O)Nc3ccc(F)c(F)c3F)cc2)n1. The monoisotopic (exact) mass is 442 g/mol. The molecule has 32 heavy (non-hydrogen) atoms. The molecule has 3 aromatic rings. The largest absolute Gasteiger partial charge is 0.356 e. The molecule has 2 amide bonds. The van der Waals surface area contributed by atoms with Gasteiger partial charge in [0.1, 0.15) is 5.82 Å². The van der Waals surface area contributed by atoms with Gasteiger partial charge in [0.2, 0.25) is 5.95 Å². The van der Waals surface area contributed by atoms with E-state index in [0.29, 0.717) is 17.3 Å². The van der Waals surface area contributed by atoms with Gasteiger partial charge in [-0.15, -0.1) is 0 Å². The zero-order valence-corrected chi connectivity index (χ0v) is 17.3. The summed E-state index contributed by atoms with van der Waals surface area (Å²) in [6.07, 6.45) is 2.30. The van der Waals surface area contributed by atoms with Crippen molar-refractivity contribution in [3.05, 3.63) is 65.6 Å². The molecule has 1 aliphatic rings. The highest BCUT2D eigenvalue weighted by atomic mass is 19.2.